The van der Waals surface area contributed by atoms with Crippen LogP contribution in [-0.4, -0.2) is 38.2 Å². The molecule has 3 N–H and O–H groups in total. The molecule has 0 heterocycles. The molecule has 0 saturated heterocycles. The molecule has 0 radical (unpaired) electrons. The molecule has 110 valence electrons. The molecule has 0 aliphatic heterocycles. The van der Waals surface area contributed by atoms with Crippen LogP contribution in [-0.2, 0) is 0 Å². The fourth-order valence-electron chi connectivity index (χ4n) is 1.80. The van der Waals surface area contributed by atoms with Crippen molar-refractivity contribution in [1.82, 2.24) is 0 Å². The molecular formula is C12H14ClNO6. The van der Waals surface area contributed by atoms with E-state index in [-0.39, 0.29) is 29.0 Å². The Balaban J connectivity index is 3.34. The molecule has 0 amide bonds. The van der Waals surface area contributed by atoms with Crippen molar-refractivity contribution in [2.45, 2.75) is 25.6 Å². The summed E-state index contributed by atoms with van der Waals surface area (Å²) in [5, 5.41) is 39.5. The number of benzene rings is 1. The molecular weight excluding hydrogens is 290 g/mol. The minimum atomic E-state index is -1.44. The summed E-state index contributed by atoms with van der Waals surface area (Å²) in [6.45, 7) is 1.31. The summed E-state index contributed by atoms with van der Waals surface area (Å²) in [7, 11) is 0. The zero-order valence-electron chi connectivity index (χ0n) is 10.6. The third-order valence-corrected chi connectivity index (χ3v) is 3.16. The maximum atomic E-state index is 11.1. The molecule has 0 aromatic heterocycles. The van der Waals surface area contributed by atoms with Gasteiger partial charge in [-0.25, -0.2) is 4.79 Å². The number of alkyl halides is 1. The van der Waals surface area contributed by atoms with Gasteiger partial charge < -0.3 is 15.3 Å². The van der Waals surface area contributed by atoms with Gasteiger partial charge in [0.05, 0.1) is 16.6 Å². The van der Waals surface area contributed by atoms with Crippen LogP contribution >= 0.6 is 11.6 Å². The smallest absolute Gasteiger partial charge is 0.336 e. The van der Waals surface area contributed by atoms with Gasteiger partial charge in [-0.05, 0) is 25.0 Å². The van der Waals surface area contributed by atoms with Crippen LogP contribution in [0.5, 0.6) is 0 Å². The minimum Gasteiger partial charge on any atom is -0.478 e. The van der Waals surface area contributed by atoms with Crippen molar-refractivity contribution in [2.75, 3.05) is 5.88 Å². The van der Waals surface area contributed by atoms with E-state index in [4.69, 9.17) is 16.7 Å². The quantitative estimate of drug-likeness (QED) is 0.417. The second-order valence-electron chi connectivity index (χ2n) is 4.26. The van der Waals surface area contributed by atoms with E-state index < -0.39 is 28.8 Å². The van der Waals surface area contributed by atoms with E-state index >= 15 is 0 Å². The highest BCUT2D eigenvalue weighted by Gasteiger charge is 2.25. The van der Waals surface area contributed by atoms with Gasteiger partial charge in [-0.3, -0.25) is 10.1 Å². The minimum absolute atomic E-state index is 0.00900. The monoisotopic (exact) mass is 303 g/mol. The highest BCUT2D eigenvalue weighted by Crippen LogP contribution is 2.29. The second kappa shape index (κ2) is 6.65. The van der Waals surface area contributed by atoms with Gasteiger partial charge in [-0.2, -0.15) is 0 Å². The van der Waals surface area contributed by atoms with E-state index in [1.54, 1.807) is 0 Å². The number of carbonyl (C=O) groups is 1. The van der Waals surface area contributed by atoms with Crippen LogP contribution < -0.4 is 0 Å². The lowest BCUT2D eigenvalue weighted by molar-refractivity contribution is -0.385. The summed E-state index contributed by atoms with van der Waals surface area (Å²) >= 11 is 5.44. The topological polar surface area (TPSA) is 121 Å². The zero-order valence-corrected chi connectivity index (χ0v) is 11.4. The number of halogens is 1. The van der Waals surface area contributed by atoms with Crippen LogP contribution in [0.2, 0.25) is 0 Å². The number of aliphatic hydroxyl groups excluding tert-OH is 2. The highest BCUT2D eigenvalue weighted by molar-refractivity contribution is 6.17. The van der Waals surface area contributed by atoms with E-state index in [2.05, 4.69) is 0 Å². The molecule has 2 unspecified atom stereocenters. The van der Waals surface area contributed by atoms with Gasteiger partial charge in [-0.15, -0.1) is 11.6 Å². The molecule has 2 atom stereocenters. The summed E-state index contributed by atoms with van der Waals surface area (Å²) in [6.07, 6.45) is -2.59. The second-order valence-corrected chi connectivity index (χ2v) is 4.64. The number of hydrogen-bond acceptors (Lipinski definition) is 5. The first-order valence-electron chi connectivity index (χ1n) is 5.74. The van der Waals surface area contributed by atoms with Crippen molar-refractivity contribution >= 4 is 23.3 Å². The van der Waals surface area contributed by atoms with Gasteiger partial charge in [0, 0.05) is 17.5 Å². The molecule has 1 rings (SSSR count). The Bertz CT molecular complexity index is 498. The molecule has 7 nitrogen and oxygen atoms in total. The predicted molar refractivity (Wildman–Crippen MR) is 71.1 cm³/mol. The largest absolute Gasteiger partial charge is 0.478 e. The van der Waals surface area contributed by atoms with Gasteiger partial charge in [-0.1, -0.05) is 0 Å². The van der Waals surface area contributed by atoms with E-state index in [0.29, 0.717) is 0 Å². The number of rotatable bonds is 6. The number of aromatic carboxylic acids is 1. The van der Waals surface area contributed by atoms with Crippen molar-refractivity contribution in [1.29, 1.82) is 0 Å². The van der Waals surface area contributed by atoms with E-state index in [1.165, 1.54) is 6.92 Å². The van der Waals surface area contributed by atoms with Crippen LogP contribution in [0.3, 0.4) is 0 Å². The fourth-order valence-corrected chi connectivity index (χ4v) is 2.02. The van der Waals surface area contributed by atoms with Crippen LogP contribution in [0.1, 0.15) is 34.0 Å². The molecule has 0 bridgehead atoms. The normalized spacial score (nSPS) is 13.8. The summed E-state index contributed by atoms with van der Waals surface area (Å²) in [5.74, 6) is -1.25. The third kappa shape index (κ3) is 3.44. The lowest BCUT2D eigenvalue weighted by Crippen LogP contribution is -2.19. The molecule has 1 aromatic carbocycles. The molecule has 20 heavy (non-hydrogen) atoms. The van der Waals surface area contributed by atoms with Gasteiger partial charge in [0.15, 0.2) is 0 Å². The van der Waals surface area contributed by atoms with Gasteiger partial charge in [0.1, 0.15) is 6.10 Å². The molecule has 0 spiro atoms. The van der Waals surface area contributed by atoms with Gasteiger partial charge >= 0.3 is 5.97 Å². The summed E-state index contributed by atoms with van der Waals surface area (Å²) in [6, 6.07) is 2.18. The number of carboxylic acids is 1. The van der Waals surface area contributed by atoms with E-state index in [0.717, 1.165) is 12.1 Å². The average Bonchev–Trinajstić information content (AvgIpc) is 2.37. The molecule has 8 heteroatoms. The Kier molecular flexibility index (Phi) is 5.43. The molecule has 1 aromatic rings. The number of carboxylic acid groups (broad SMARTS) is 1. The first-order valence-corrected chi connectivity index (χ1v) is 6.27. The van der Waals surface area contributed by atoms with Crippen molar-refractivity contribution in [3.05, 3.63) is 38.9 Å². The first-order chi connectivity index (χ1) is 9.29. The molecule has 0 saturated carbocycles. The van der Waals surface area contributed by atoms with Crippen molar-refractivity contribution in [3.8, 4) is 0 Å². The Labute approximate surface area is 119 Å². The lowest BCUT2D eigenvalue weighted by Gasteiger charge is -2.18. The zero-order chi connectivity index (χ0) is 15.4. The van der Waals surface area contributed by atoms with Crippen LogP contribution in [0.15, 0.2) is 12.1 Å². The average molecular weight is 304 g/mol. The highest BCUT2D eigenvalue weighted by atomic mass is 35.5. The number of hydrogen-bond donors (Lipinski definition) is 3. The molecule has 0 aliphatic rings. The maximum absolute atomic E-state index is 11.1. The Morgan fingerprint density at radius 3 is 2.50 bits per heavy atom. The predicted octanol–water partition coefficient (Wildman–Crippen LogP) is 1.62. The Morgan fingerprint density at radius 2 is 2.05 bits per heavy atom. The number of nitro groups is 1. The van der Waals surface area contributed by atoms with Crippen LogP contribution in [0.25, 0.3) is 0 Å². The molecule has 0 fully saturated rings. The van der Waals surface area contributed by atoms with E-state index in [1.807, 2.05) is 0 Å². The van der Waals surface area contributed by atoms with Crippen LogP contribution in [0.4, 0.5) is 5.69 Å². The molecule has 0 aliphatic carbocycles. The Hall–Kier alpha value is -1.70. The number of nitro benzene ring substituents is 1. The lowest BCUT2D eigenvalue weighted by atomic mass is 9.96. The number of aliphatic hydroxyl groups is 2. The van der Waals surface area contributed by atoms with Crippen molar-refractivity contribution in [2.24, 2.45) is 0 Å². The maximum Gasteiger partial charge on any atom is 0.336 e. The van der Waals surface area contributed by atoms with Gasteiger partial charge in [0.2, 0.25) is 0 Å². The summed E-state index contributed by atoms with van der Waals surface area (Å²) < 4.78 is 0. The number of nitrogens with zero attached hydrogens (tertiary/aromatic N) is 1. The standard InChI is InChI=1S/C12H14ClNO6/c1-6-8(12(17)18)4-7(5-9(6)14(19)20)11(16)10(15)2-3-13/h4-5,10-11,15-16H,2-3H2,1H3,(H,17,18). The first kappa shape index (κ1) is 16.4. The van der Waals surface area contributed by atoms with Crippen molar-refractivity contribution < 1.29 is 25.0 Å². The summed E-state index contributed by atoms with van der Waals surface area (Å²) in [5.41, 5.74) is -0.744. The van der Waals surface area contributed by atoms with E-state index in [9.17, 15) is 25.1 Å². The fraction of sp³-hybridized carbons (Fsp3) is 0.417. The van der Waals surface area contributed by atoms with Crippen molar-refractivity contribution in [3.63, 3.8) is 0 Å². The van der Waals surface area contributed by atoms with Gasteiger partial charge in [0.25, 0.3) is 5.69 Å². The Morgan fingerprint density at radius 1 is 1.45 bits per heavy atom. The SMILES string of the molecule is Cc1c(C(=O)O)cc(C(O)C(O)CCCl)cc1[N+](=O)[O-]. The summed E-state index contributed by atoms with van der Waals surface area (Å²) in [4.78, 5) is 21.3. The van der Waals surface area contributed by atoms with Crippen LogP contribution in [0, 0.1) is 17.0 Å². The third-order valence-electron chi connectivity index (χ3n) is 2.94.